The Hall–Kier alpha value is -0.570. The summed E-state index contributed by atoms with van der Waals surface area (Å²) in [5.74, 6) is 0.394. The first-order valence-electron chi connectivity index (χ1n) is 6.91. The molecule has 0 aromatic heterocycles. The predicted octanol–water partition coefficient (Wildman–Crippen LogP) is 1.67. The second-order valence-corrected chi connectivity index (χ2v) is 5.61. The van der Waals surface area contributed by atoms with Crippen molar-refractivity contribution in [3.05, 3.63) is 0 Å². The third-order valence-corrected chi connectivity index (χ3v) is 4.25. The van der Waals surface area contributed by atoms with E-state index in [9.17, 15) is 4.79 Å². The predicted molar refractivity (Wildman–Crippen MR) is 63.1 cm³/mol. The number of nitrogens with one attached hydrogen (secondary N) is 1. The van der Waals surface area contributed by atoms with Gasteiger partial charge in [0.2, 0.25) is 5.91 Å². The molecule has 0 aromatic carbocycles. The van der Waals surface area contributed by atoms with Gasteiger partial charge < -0.3 is 10.2 Å². The zero-order valence-electron chi connectivity index (χ0n) is 9.95. The van der Waals surface area contributed by atoms with Crippen LogP contribution < -0.4 is 5.32 Å². The third kappa shape index (κ3) is 2.10. The molecule has 3 rings (SSSR count). The molecular weight excluding hydrogens is 200 g/mol. The minimum atomic E-state index is 0.141. The number of carbonyl (C=O) groups is 1. The fourth-order valence-corrected chi connectivity index (χ4v) is 3.17. The summed E-state index contributed by atoms with van der Waals surface area (Å²) in [6, 6.07) is 1.36. The van der Waals surface area contributed by atoms with Crippen molar-refractivity contribution in [2.45, 2.75) is 69.5 Å². The van der Waals surface area contributed by atoms with E-state index in [1.807, 2.05) is 0 Å². The number of hydrogen-bond acceptors (Lipinski definition) is 2. The van der Waals surface area contributed by atoms with Gasteiger partial charge in [0, 0.05) is 18.6 Å². The Morgan fingerprint density at radius 1 is 1.00 bits per heavy atom. The van der Waals surface area contributed by atoms with Gasteiger partial charge in [0.15, 0.2) is 0 Å². The number of piperidine rings is 1. The number of nitrogens with zero attached hydrogens (tertiary/aromatic N) is 1. The first kappa shape index (κ1) is 10.6. The second-order valence-electron chi connectivity index (χ2n) is 5.61. The molecule has 1 aliphatic heterocycles. The van der Waals surface area contributed by atoms with Crippen LogP contribution in [0.1, 0.15) is 51.4 Å². The fourth-order valence-electron chi connectivity index (χ4n) is 3.17. The zero-order valence-corrected chi connectivity index (χ0v) is 9.95. The lowest BCUT2D eigenvalue weighted by Crippen LogP contribution is -2.54. The number of rotatable bonds is 3. The molecule has 0 radical (unpaired) electrons. The number of amides is 1. The third-order valence-electron chi connectivity index (χ3n) is 4.25. The van der Waals surface area contributed by atoms with E-state index in [0.717, 1.165) is 13.0 Å². The number of carbonyl (C=O) groups excluding carboxylic acids is 1. The van der Waals surface area contributed by atoms with Crippen molar-refractivity contribution in [3.63, 3.8) is 0 Å². The lowest BCUT2D eigenvalue weighted by molar-refractivity contribution is -0.138. The van der Waals surface area contributed by atoms with Crippen LogP contribution in [0.3, 0.4) is 0 Å². The SMILES string of the molecule is O=C1C(NC2CC2)CCCN1C1CCCC1. The lowest BCUT2D eigenvalue weighted by Gasteiger charge is -2.37. The molecule has 3 heteroatoms. The van der Waals surface area contributed by atoms with Gasteiger partial charge in [0.25, 0.3) is 0 Å². The number of likely N-dealkylation sites (tertiary alicyclic amines) is 1. The molecule has 0 aromatic rings. The molecule has 16 heavy (non-hydrogen) atoms. The average Bonchev–Trinajstić information content (AvgIpc) is 2.94. The maximum Gasteiger partial charge on any atom is 0.239 e. The van der Waals surface area contributed by atoms with Gasteiger partial charge in [0.05, 0.1) is 6.04 Å². The summed E-state index contributed by atoms with van der Waals surface area (Å²) in [5.41, 5.74) is 0. The van der Waals surface area contributed by atoms with Crippen LogP contribution in [0.5, 0.6) is 0 Å². The van der Waals surface area contributed by atoms with Gasteiger partial charge >= 0.3 is 0 Å². The van der Waals surface area contributed by atoms with Crippen molar-refractivity contribution in [1.29, 1.82) is 0 Å². The van der Waals surface area contributed by atoms with Gasteiger partial charge in [-0.3, -0.25) is 4.79 Å². The van der Waals surface area contributed by atoms with Crippen LogP contribution in [0.4, 0.5) is 0 Å². The Kier molecular flexibility index (Phi) is 2.88. The maximum atomic E-state index is 12.3. The van der Waals surface area contributed by atoms with E-state index in [4.69, 9.17) is 0 Å². The van der Waals surface area contributed by atoms with Crippen molar-refractivity contribution in [1.82, 2.24) is 10.2 Å². The normalized spacial score (nSPS) is 32.4. The monoisotopic (exact) mass is 222 g/mol. The van der Waals surface area contributed by atoms with Crippen molar-refractivity contribution < 1.29 is 4.79 Å². The van der Waals surface area contributed by atoms with Crippen LogP contribution in [0, 0.1) is 0 Å². The first-order chi connectivity index (χ1) is 7.84. The molecule has 1 N–H and O–H groups in total. The molecule has 3 fully saturated rings. The summed E-state index contributed by atoms with van der Waals surface area (Å²) in [7, 11) is 0. The number of hydrogen-bond donors (Lipinski definition) is 1. The van der Waals surface area contributed by atoms with E-state index in [1.165, 1.54) is 44.9 Å². The highest BCUT2D eigenvalue weighted by molar-refractivity contribution is 5.83. The summed E-state index contributed by atoms with van der Waals surface area (Å²) in [6.07, 6.45) is 9.89. The van der Waals surface area contributed by atoms with Crippen molar-refractivity contribution in [3.8, 4) is 0 Å². The molecule has 90 valence electrons. The lowest BCUT2D eigenvalue weighted by atomic mass is 10.0. The van der Waals surface area contributed by atoms with E-state index in [1.54, 1.807) is 0 Å². The Morgan fingerprint density at radius 2 is 1.75 bits per heavy atom. The molecule has 1 unspecified atom stereocenters. The largest absolute Gasteiger partial charge is 0.338 e. The van der Waals surface area contributed by atoms with E-state index in [2.05, 4.69) is 10.2 Å². The molecule has 2 saturated carbocycles. The Labute approximate surface area is 97.6 Å². The van der Waals surface area contributed by atoms with Crippen LogP contribution in [0.15, 0.2) is 0 Å². The minimum absolute atomic E-state index is 0.141. The fraction of sp³-hybridized carbons (Fsp3) is 0.923. The van der Waals surface area contributed by atoms with Gasteiger partial charge in [-0.2, -0.15) is 0 Å². The maximum absolute atomic E-state index is 12.3. The van der Waals surface area contributed by atoms with Crippen LogP contribution >= 0.6 is 0 Å². The summed E-state index contributed by atoms with van der Waals surface area (Å²) in [5, 5.41) is 3.50. The minimum Gasteiger partial charge on any atom is -0.338 e. The zero-order chi connectivity index (χ0) is 11.0. The summed E-state index contributed by atoms with van der Waals surface area (Å²) in [6.45, 7) is 1.01. The van der Waals surface area contributed by atoms with Gasteiger partial charge in [-0.25, -0.2) is 0 Å². The van der Waals surface area contributed by atoms with E-state index >= 15 is 0 Å². The highest BCUT2D eigenvalue weighted by atomic mass is 16.2. The highest BCUT2D eigenvalue weighted by Crippen LogP contribution is 2.28. The Morgan fingerprint density at radius 3 is 2.44 bits per heavy atom. The standard InChI is InChI=1S/C13H22N2O/c16-13-12(14-10-7-8-10)6-3-9-15(13)11-4-1-2-5-11/h10-12,14H,1-9H2. The van der Waals surface area contributed by atoms with Crippen molar-refractivity contribution in [2.75, 3.05) is 6.54 Å². The van der Waals surface area contributed by atoms with Crippen LogP contribution in [0.25, 0.3) is 0 Å². The molecule has 2 aliphatic carbocycles. The molecular formula is C13H22N2O. The molecule has 0 bridgehead atoms. The smallest absolute Gasteiger partial charge is 0.239 e. The molecule has 1 heterocycles. The Balaban J connectivity index is 1.62. The summed E-state index contributed by atoms with van der Waals surface area (Å²) in [4.78, 5) is 14.5. The molecule has 3 nitrogen and oxygen atoms in total. The van der Waals surface area contributed by atoms with Gasteiger partial charge in [-0.1, -0.05) is 12.8 Å². The van der Waals surface area contributed by atoms with Crippen molar-refractivity contribution in [2.24, 2.45) is 0 Å². The molecule has 1 amide bonds. The van der Waals surface area contributed by atoms with E-state index in [0.29, 0.717) is 18.0 Å². The second kappa shape index (κ2) is 4.36. The molecule has 1 saturated heterocycles. The van der Waals surface area contributed by atoms with Crippen LogP contribution in [-0.2, 0) is 4.79 Å². The summed E-state index contributed by atoms with van der Waals surface area (Å²) < 4.78 is 0. The molecule has 0 spiro atoms. The summed E-state index contributed by atoms with van der Waals surface area (Å²) >= 11 is 0. The first-order valence-corrected chi connectivity index (χ1v) is 6.91. The van der Waals surface area contributed by atoms with Crippen LogP contribution in [-0.4, -0.2) is 35.5 Å². The molecule has 1 atom stereocenters. The quantitative estimate of drug-likeness (QED) is 0.788. The average molecular weight is 222 g/mol. The van der Waals surface area contributed by atoms with Crippen molar-refractivity contribution >= 4 is 5.91 Å². The topological polar surface area (TPSA) is 32.3 Å². The Bertz CT molecular complexity index is 269. The van der Waals surface area contributed by atoms with Crippen LogP contribution in [0.2, 0.25) is 0 Å². The molecule has 3 aliphatic rings. The highest BCUT2D eigenvalue weighted by Gasteiger charge is 2.36. The van der Waals surface area contributed by atoms with E-state index < -0.39 is 0 Å². The van der Waals surface area contributed by atoms with Gasteiger partial charge in [-0.15, -0.1) is 0 Å². The van der Waals surface area contributed by atoms with Gasteiger partial charge in [0.1, 0.15) is 0 Å². The van der Waals surface area contributed by atoms with Gasteiger partial charge in [-0.05, 0) is 38.5 Å². The van der Waals surface area contributed by atoms with E-state index in [-0.39, 0.29) is 6.04 Å².